The van der Waals surface area contributed by atoms with Gasteiger partial charge in [-0.25, -0.2) is 4.79 Å². The van der Waals surface area contributed by atoms with Crippen LogP contribution >= 0.6 is 0 Å². The minimum atomic E-state index is -1.12. The van der Waals surface area contributed by atoms with Crippen molar-refractivity contribution in [2.45, 2.75) is 25.4 Å². The van der Waals surface area contributed by atoms with Gasteiger partial charge in [0.1, 0.15) is 5.75 Å². The van der Waals surface area contributed by atoms with Crippen LogP contribution in [0.1, 0.15) is 18.4 Å². The summed E-state index contributed by atoms with van der Waals surface area (Å²) in [5.74, 6) is -0.276. The molecule has 4 heteroatoms. The van der Waals surface area contributed by atoms with E-state index in [-0.39, 0.29) is 0 Å². The van der Waals surface area contributed by atoms with E-state index in [0.717, 1.165) is 18.5 Å². The van der Waals surface area contributed by atoms with Gasteiger partial charge in [0.05, 0.1) is 0 Å². The van der Waals surface area contributed by atoms with Crippen molar-refractivity contribution >= 4 is 5.97 Å². The molecule has 0 radical (unpaired) electrons. The first-order valence-electron chi connectivity index (χ1n) is 5.82. The Labute approximate surface area is 101 Å². The van der Waals surface area contributed by atoms with Crippen LogP contribution in [0.2, 0.25) is 0 Å². The molecule has 4 nitrogen and oxygen atoms in total. The van der Waals surface area contributed by atoms with Gasteiger partial charge in [-0.2, -0.15) is 0 Å². The molecule has 0 saturated carbocycles. The number of aliphatic carboxylic acids is 1. The zero-order valence-corrected chi connectivity index (χ0v) is 9.90. The fourth-order valence-corrected chi connectivity index (χ4v) is 2.10. The maximum atomic E-state index is 11.4. The first-order chi connectivity index (χ1) is 8.12. The van der Waals surface area contributed by atoms with E-state index in [4.69, 9.17) is 4.74 Å². The molecule has 1 saturated heterocycles. The molecule has 0 aromatic heterocycles. The second-order valence-corrected chi connectivity index (χ2v) is 4.50. The van der Waals surface area contributed by atoms with Crippen LogP contribution in [0, 0.1) is 6.92 Å². The lowest BCUT2D eigenvalue weighted by atomic mass is 9.94. The van der Waals surface area contributed by atoms with E-state index in [1.807, 2.05) is 25.1 Å². The Morgan fingerprint density at radius 1 is 1.53 bits per heavy atom. The summed E-state index contributed by atoms with van der Waals surface area (Å²) in [5, 5.41) is 12.4. The summed E-state index contributed by atoms with van der Waals surface area (Å²) in [6.07, 6.45) is 1.36. The minimum Gasteiger partial charge on any atom is -0.478 e. The van der Waals surface area contributed by atoms with Crippen LogP contribution in [0.5, 0.6) is 5.75 Å². The fourth-order valence-electron chi connectivity index (χ4n) is 2.10. The molecular formula is C13H17NO3. The minimum absolute atomic E-state index is 0.357. The second kappa shape index (κ2) is 4.75. The summed E-state index contributed by atoms with van der Waals surface area (Å²) < 4.78 is 5.72. The molecule has 1 aromatic rings. The molecule has 92 valence electrons. The van der Waals surface area contributed by atoms with E-state index in [1.54, 1.807) is 6.07 Å². The molecule has 0 spiro atoms. The lowest BCUT2D eigenvalue weighted by molar-refractivity contribution is -0.156. The van der Waals surface area contributed by atoms with Crippen molar-refractivity contribution in [3.05, 3.63) is 29.8 Å². The predicted octanol–water partition coefficient (Wildman–Crippen LogP) is 1.58. The summed E-state index contributed by atoms with van der Waals surface area (Å²) in [6.45, 7) is 3.17. The number of hydrogen-bond acceptors (Lipinski definition) is 3. The fraction of sp³-hybridized carbons (Fsp3) is 0.462. The third-order valence-electron chi connectivity index (χ3n) is 3.04. The topological polar surface area (TPSA) is 58.6 Å². The van der Waals surface area contributed by atoms with E-state index in [0.29, 0.717) is 18.7 Å². The van der Waals surface area contributed by atoms with Crippen LogP contribution in [-0.4, -0.2) is 29.8 Å². The van der Waals surface area contributed by atoms with Gasteiger partial charge in [-0.1, -0.05) is 12.1 Å². The van der Waals surface area contributed by atoms with E-state index >= 15 is 0 Å². The monoisotopic (exact) mass is 235 g/mol. The molecule has 0 amide bonds. The van der Waals surface area contributed by atoms with E-state index in [1.165, 1.54) is 0 Å². The number of benzene rings is 1. The van der Waals surface area contributed by atoms with Crippen molar-refractivity contribution in [1.82, 2.24) is 5.32 Å². The van der Waals surface area contributed by atoms with Gasteiger partial charge in [-0.15, -0.1) is 0 Å². The lowest BCUT2D eigenvalue weighted by Gasteiger charge is -2.34. The molecule has 1 aliphatic heterocycles. The van der Waals surface area contributed by atoms with Gasteiger partial charge in [0, 0.05) is 13.0 Å². The smallest absolute Gasteiger partial charge is 0.349 e. The number of ether oxygens (including phenoxy) is 1. The molecule has 2 rings (SSSR count). The summed E-state index contributed by atoms with van der Waals surface area (Å²) in [4.78, 5) is 11.4. The van der Waals surface area contributed by atoms with Crippen LogP contribution < -0.4 is 10.1 Å². The number of carboxylic acids is 1. The number of carbonyl (C=O) groups is 1. The van der Waals surface area contributed by atoms with Crippen LogP contribution in [-0.2, 0) is 4.79 Å². The van der Waals surface area contributed by atoms with E-state index in [9.17, 15) is 9.90 Å². The van der Waals surface area contributed by atoms with Gasteiger partial charge in [0.2, 0.25) is 5.60 Å². The molecule has 2 N–H and O–H groups in total. The summed E-state index contributed by atoms with van der Waals surface area (Å²) >= 11 is 0. The van der Waals surface area contributed by atoms with E-state index < -0.39 is 11.6 Å². The molecule has 17 heavy (non-hydrogen) atoms. The van der Waals surface area contributed by atoms with Gasteiger partial charge in [-0.3, -0.25) is 0 Å². The van der Waals surface area contributed by atoms with E-state index in [2.05, 4.69) is 5.32 Å². The van der Waals surface area contributed by atoms with Crippen molar-refractivity contribution < 1.29 is 14.6 Å². The molecule has 1 aliphatic rings. The third kappa shape index (κ3) is 2.58. The Bertz CT molecular complexity index is 411. The molecular weight excluding hydrogens is 218 g/mol. The molecule has 0 aliphatic carbocycles. The van der Waals surface area contributed by atoms with Crippen molar-refractivity contribution in [2.75, 3.05) is 13.1 Å². The average molecular weight is 235 g/mol. The number of piperidine rings is 1. The largest absolute Gasteiger partial charge is 0.478 e. The summed E-state index contributed by atoms with van der Waals surface area (Å²) in [7, 11) is 0. The number of hydrogen-bond donors (Lipinski definition) is 2. The third-order valence-corrected chi connectivity index (χ3v) is 3.04. The Morgan fingerprint density at radius 3 is 2.94 bits per heavy atom. The molecule has 1 aromatic carbocycles. The number of aryl methyl sites for hydroxylation is 1. The maximum Gasteiger partial charge on any atom is 0.349 e. The quantitative estimate of drug-likeness (QED) is 0.835. The lowest BCUT2D eigenvalue weighted by Crippen LogP contribution is -2.55. The molecule has 1 unspecified atom stereocenters. The molecule has 1 fully saturated rings. The van der Waals surface area contributed by atoms with Crippen molar-refractivity contribution in [3.63, 3.8) is 0 Å². The second-order valence-electron chi connectivity index (χ2n) is 4.50. The van der Waals surface area contributed by atoms with Crippen molar-refractivity contribution in [2.24, 2.45) is 0 Å². The molecule has 1 heterocycles. The van der Waals surface area contributed by atoms with Crippen molar-refractivity contribution in [1.29, 1.82) is 0 Å². The zero-order chi connectivity index (χ0) is 12.3. The standard InChI is InChI=1S/C13H17NO3/c1-10-4-2-5-11(8-10)17-13(12(15)16)6-3-7-14-9-13/h2,4-5,8,14H,3,6-7,9H2,1H3,(H,15,16). The first kappa shape index (κ1) is 11.9. The van der Waals surface area contributed by atoms with Crippen LogP contribution in [0.4, 0.5) is 0 Å². The average Bonchev–Trinajstić information content (AvgIpc) is 2.30. The normalized spacial score (nSPS) is 24.3. The Kier molecular flexibility index (Phi) is 3.33. The highest BCUT2D eigenvalue weighted by Crippen LogP contribution is 2.25. The first-order valence-corrected chi connectivity index (χ1v) is 5.82. The molecule has 0 bridgehead atoms. The van der Waals surface area contributed by atoms with Gasteiger partial charge in [0.25, 0.3) is 0 Å². The SMILES string of the molecule is Cc1cccc(OC2(C(=O)O)CCCNC2)c1. The zero-order valence-electron chi connectivity index (χ0n) is 9.90. The van der Waals surface area contributed by atoms with Gasteiger partial charge in [-0.05, 0) is 37.6 Å². The maximum absolute atomic E-state index is 11.4. The summed E-state index contributed by atoms with van der Waals surface area (Å²) in [5.41, 5.74) is -0.0571. The Morgan fingerprint density at radius 2 is 2.35 bits per heavy atom. The van der Waals surface area contributed by atoms with Crippen LogP contribution in [0.15, 0.2) is 24.3 Å². The van der Waals surface area contributed by atoms with Gasteiger partial charge < -0.3 is 15.2 Å². The predicted molar refractivity (Wildman–Crippen MR) is 64.3 cm³/mol. The highest BCUT2D eigenvalue weighted by Gasteiger charge is 2.42. The Balaban J connectivity index is 2.20. The summed E-state index contributed by atoms with van der Waals surface area (Å²) in [6, 6.07) is 7.49. The van der Waals surface area contributed by atoms with Gasteiger partial charge >= 0.3 is 5.97 Å². The molecule has 1 atom stereocenters. The Hall–Kier alpha value is -1.55. The van der Waals surface area contributed by atoms with Gasteiger partial charge in [0.15, 0.2) is 0 Å². The van der Waals surface area contributed by atoms with Crippen LogP contribution in [0.25, 0.3) is 0 Å². The highest BCUT2D eigenvalue weighted by molar-refractivity contribution is 5.78. The number of carboxylic acid groups (broad SMARTS) is 1. The number of rotatable bonds is 3. The number of nitrogens with one attached hydrogen (secondary N) is 1. The van der Waals surface area contributed by atoms with Crippen LogP contribution in [0.3, 0.4) is 0 Å². The van der Waals surface area contributed by atoms with Crippen molar-refractivity contribution in [3.8, 4) is 5.75 Å². The highest BCUT2D eigenvalue weighted by atomic mass is 16.5.